The Hall–Kier alpha value is -2.48. The van der Waals surface area contributed by atoms with Gasteiger partial charge in [-0.3, -0.25) is 9.48 Å². The Labute approximate surface area is 152 Å². The number of morpholine rings is 1. The van der Waals surface area contributed by atoms with E-state index in [2.05, 4.69) is 25.3 Å². The summed E-state index contributed by atoms with van der Waals surface area (Å²) in [5, 5.41) is 7.50. The van der Waals surface area contributed by atoms with Crippen molar-refractivity contribution in [2.24, 2.45) is 7.05 Å². The Kier molecular flexibility index (Phi) is 4.83. The molecule has 0 aromatic carbocycles. The molecule has 1 aliphatic carbocycles. The summed E-state index contributed by atoms with van der Waals surface area (Å²) in [5.41, 5.74) is 3.65. The normalized spacial score (nSPS) is 17.0. The van der Waals surface area contributed by atoms with Crippen molar-refractivity contribution in [3.05, 3.63) is 35.0 Å². The number of carbonyl (C=O) groups is 1. The van der Waals surface area contributed by atoms with Gasteiger partial charge in [0.25, 0.3) is 5.91 Å². The van der Waals surface area contributed by atoms with Crippen LogP contribution in [0.3, 0.4) is 0 Å². The van der Waals surface area contributed by atoms with E-state index in [0.29, 0.717) is 25.5 Å². The second-order valence-electron chi connectivity index (χ2n) is 6.75. The van der Waals surface area contributed by atoms with E-state index in [1.807, 2.05) is 13.1 Å². The first-order valence-electron chi connectivity index (χ1n) is 9.19. The molecule has 0 unspecified atom stereocenters. The molecule has 1 aliphatic heterocycles. The minimum Gasteiger partial charge on any atom is -0.378 e. The maximum Gasteiger partial charge on any atom is 0.270 e. The molecule has 1 N–H and O–H groups in total. The molecule has 138 valence electrons. The van der Waals surface area contributed by atoms with E-state index in [0.717, 1.165) is 61.5 Å². The lowest BCUT2D eigenvalue weighted by Crippen LogP contribution is -2.37. The molecule has 4 rings (SSSR count). The van der Waals surface area contributed by atoms with E-state index in [1.165, 1.54) is 0 Å². The van der Waals surface area contributed by atoms with Gasteiger partial charge in [-0.15, -0.1) is 0 Å². The second kappa shape index (κ2) is 7.41. The van der Waals surface area contributed by atoms with Gasteiger partial charge in [0.2, 0.25) is 0 Å². The zero-order chi connectivity index (χ0) is 17.9. The molecule has 0 bridgehead atoms. The van der Waals surface area contributed by atoms with Crippen molar-refractivity contribution in [3.63, 3.8) is 0 Å². The number of hydrogen-bond acceptors (Lipinski definition) is 6. The highest BCUT2D eigenvalue weighted by Crippen LogP contribution is 2.23. The molecule has 2 aromatic heterocycles. The Bertz CT molecular complexity index is 797. The number of anilines is 1. The monoisotopic (exact) mass is 356 g/mol. The van der Waals surface area contributed by atoms with Crippen molar-refractivity contribution in [1.82, 2.24) is 25.1 Å². The van der Waals surface area contributed by atoms with E-state index in [-0.39, 0.29) is 5.91 Å². The summed E-state index contributed by atoms with van der Waals surface area (Å²) in [7, 11) is 1.84. The Morgan fingerprint density at radius 2 is 2.04 bits per heavy atom. The number of aromatic nitrogens is 4. The van der Waals surface area contributed by atoms with Crippen LogP contribution < -0.4 is 10.2 Å². The Morgan fingerprint density at radius 3 is 2.88 bits per heavy atom. The van der Waals surface area contributed by atoms with Gasteiger partial charge >= 0.3 is 0 Å². The second-order valence-corrected chi connectivity index (χ2v) is 6.75. The first-order chi connectivity index (χ1) is 12.7. The topological polar surface area (TPSA) is 85.2 Å². The SMILES string of the molecule is Cn1nc2c(c1C(=O)NCc1cc(N3CCOCC3)ncn1)CCCC2. The quantitative estimate of drug-likeness (QED) is 0.874. The van der Waals surface area contributed by atoms with Crippen molar-refractivity contribution < 1.29 is 9.53 Å². The molecule has 1 saturated heterocycles. The third kappa shape index (κ3) is 3.41. The predicted octanol–water partition coefficient (Wildman–Crippen LogP) is 0.855. The molecule has 2 aromatic rings. The molecule has 0 saturated carbocycles. The van der Waals surface area contributed by atoms with Gasteiger partial charge in [-0.2, -0.15) is 5.10 Å². The standard InChI is InChI=1S/C18H24N6O2/c1-23-17(14-4-2-3-5-15(14)22-23)18(25)19-11-13-10-16(21-12-20-13)24-6-8-26-9-7-24/h10,12H,2-9,11H2,1H3,(H,19,25). The summed E-state index contributed by atoms with van der Waals surface area (Å²) in [4.78, 5) is 23.5. The number of carbonyl (C=O) groups excluding carboxylic acids is 1. The highest BCUT2D eigenvalue weighted by Gasteiger charge is 2.23. The van der Waals surface area contributed by atoms with Gasteiger partial charge in [-0.25, -0.2) is 9.97 Å². The van der Waals surface area contributed by atoms with Crippen LogP contribution in [0.1, 0.15) is 40.3 Å². The zero-order valence-electron chi connectivity index (χ0n) is 15.1. The average Bonchev–Trinajstić information content (AvgIpc) is 3.03. The summed E-state index contributed by atoms with van der Waals surface area (Å²) in [6.07, 6.45) is 5.72. The van der Waals surface area contributed by atoms with Crippen LogP contribution >= 0.6 is 0 Å². The summed E-state index contributed by atoms with van der Waals surface area (Å²) in [6, 6.07) is 1.93. The number of amides is 1. The minimum atomic E-state index is -0.0883. The lowest BCUT2D eigenvalue weighted by atomic mass is 9.95. The molecule has 0 atom stereocenters. The number of rotatable bonds is 4. The number of hydrogen-bond donors (Lipinski definition) is 1. The Morgan fingerprint density at radius 1 is 1.23 bits per heavy atom. The fourth-order valence-electron chi connectivity index (χ4n) is 3.67. The number of aryl methyl sites for hydroxylation is 2. The van der Waals surface area contributed by atoms with Gasteiger partial charge in [0, 0.05) is 31.8 Å². The average molecular weight is 356 g/mol. The van der Waals surface area contributed by atoms with Gasteiger partial charge < -0.3 is 15.0 Å². The largest absolute Gasteiger partial charge is 0.378 e. The van der Waals surface area contributed by atoms with E-state index in [4.69, 9.17) is 4.74 Å². The van der Waals surface area contributed by atoms with Gasteiger partial charge in [-0.05, 0) is 25.7 Å². The van der Waals surface area contributed by atoms with Crippen LogP contribution in [0.4, 0.5) is 5.82 Å². The van der Waals surface area contributed by atoms with E-state index < -0.39 is 0 Å². The third-order valence-electron chi connectivity index (χ3n) is 5.01. The van der Waals surface area contributed by atoms with Crippen LogP contribution in [-0.2, 0) is 31.2 Å². The lowest BCUT2D eigenvalue weighted by molar-refractivity contribution is 0.0940. The minimum absolute atomic E-state index is 0.0883. The molecule has 8 nitrogen and oxygen atoms in total. The highest BCUT2D eigenvalue weighted by atomic mass is 16.5. The van der Waals surface area contributed by atoms with Crippen LogP contribution in [0.5, 0.6) is 0 Å². The fraction of sp³-hybridized carbons (Fsp3) is 0.556. The zero-order valence-corrected chi connectivity index (χ0v) is 15.1. The molecule has 3 heterocycles. The summed E-state index contributed by atoms with van der Waals surface area (Å²) < 4.78 is 7.09. The molecule has 2 aliphatic rings. The van der Waals surface area contributed by atoms with Gasteiger partial charge in [-0.1, -0.05) is 0 Å². The molecular formula is C18H24N6O2. The van der Waals surface area contributed by atoms with E-state index in [9.17, 15) is 4.79 Å². The molecule has 0 spiro atoms. The lowest BCUT2D eigenvalue weighted by Gasteiger charge is -2.27. The van der Waals surface area contributed by atoms with Gasteiger partial charge in [0.15, 0.2) is 0 Å². The van der Waals surface area contributed by atoms with Crippen molar-refractivity contribution >= 4 is 11.7 Å². The van der Waals surface area contributed by atoms with Crippen molar-refractivity contribution in [2.75, 3.05) is 31.2 Å². The number of nitrogens with one attached hydrogen (secondary N) is 1. The first-order valence-corrected chi connectivity index (χ1v) is 9.19. The van der Waals surface area contributed by atoms with Crippen molar-refractivity contribution in [1.29, 1.82) is 0 Å². The van der Waals surface area contributed by atoms with E-state index in [1.54, 1.807) is 11.0 Å². The maximum atomic E-state index is 12.7. The van der Waals surface area contributed by atoms with Crippen LogP contribution in [0, 0.1) is 0 Å². The van der Waals surface area contributed by atoms with Crippen LogP contribution in [0.25, 0.3) is 0 Å². The smallest absolute Gasteiger partial charge is 0.270 e. The fourth-order valence-corrected chi connectivity index (χ4v) is 3.67. The molecule has 1 amide bonds. The maximum absolute atomic E-state index is 12.7. The summed E-state index contributed by atoms with van der Waals surface area (Å²) in [5.74, 6) is 0.792. The molecule has 26 heavy (non-hydrogen) atoms. The van der Waals surface area contributed by atoms with Crippen LogP contribution in [-0.4, -0.2) is 52.0 Å². The third-order valence-corrected chi connectivity index (χ3v) is 5.01. The molecule has 8 heteroatoms. The Balaban J connectivity index is 1.44. The number of fused-ring (bicyclic) bond motifs is 1. The van der Waals surface area contributed by atoms with Gasteiger partial charge in [0.05, 0.1) is 31.1 Å². The molecule has 0 radical (unpaired) electrons. The summed E-state index contributed by atoms with van der Waals surface area (Å²) >= 11 is 0. The van der Waals surface area contributed by atoms with E-state index >= 15 is 0 Å². The molecular weight excluding hydrogens is 332 g/mol. The van der Waals surface area contributed by atoms with Crippen LogP contribution in [0.2, 0.25) is 0 Å². The van der Waals surface area contributed by atoms with Crippen molar-refractivity contribution in [3.8, 4) is 0 Å². The number of nitrogens with zero attached hydrogens (tertiary/aromatic N) is 5. The van der Waals surface area contributed by atoms with Gasteiger partial charge in [0.1, 0.15) is 17.8 Å². The predicted molar refractivity (Wildman–Crippen MR) is 96.1 cm³/mol. The first kappa shape index (κ1) is 17.0. The van der Waals surface area contributed by atoms with Crippen LogP contribution in [0.15, 0.2) is 12.4 Å². The molecule has 1 fully saturated rings. The highest BCUT2D eigenvalue weighted by molar-refractivity contribution is 5.94. The summed E-state index contributed by atoms with van der Waals surface area (Å²) in [6.45, 7) is 3.44. The number of ether oxygens (including phenoxy) is 1. The van der Waals surface area contributed by atoms with Crippen molar-refractivity contribution in [2.45, 2.75) is 32.2 Å².